The van der Waals surface area contributed by atoms with Crippen LogP contribution in [0.3, 0.4) is 0 Å². The van der Waals surface area contributed by atoms with E-state index in [4.69, 9.17) is 10.7 Å². The van der Waals surface area contributed by atoms with Gasteiger partial charge in [0.2, 0.25) is 0 Å². The standard InChI is InChI=1S/C10H14ClNO3S2/c1-4-16(13,12-17(11,14)15)10-6-5-8(2)9(3)7-10/h5-7H,4H2,1-3H3. The molecule has 0 aliphatic heterocycles. The van der Waals surface area contributed by atoms with Crippen molar-refractivity contribution >= 4 is 29.6 Å². The normalized spacial score (nSPS) is 15.3. The van der Waals surface area contributed by atoms with Gasteiger partial charge in [-0.05, 0) is 37.1 Å². The van der Waals surface area contributed by atoms with Gasteiger partial charge in [-0.15, -0.1) is 0 Å². The van der Waals surface area contributed by atoms with Crippen LogP contribution >= 0.6 is 10.7 Å². The molecule has 0 spiro atoms. The molecule has 0 saturated carbocycles. The summed E-state index contributed by atoms with van der Waals surface area (Å²) in [5, 5.41) is 0. The van der Waals surface area contributed by atoms with Crippen LogP contribution < -0.4 is 0 Å². The van der Waals surface area contributed by atoms with E-state index in [1.807, 2.05) is 13.8 Å². The molecule has 0 aliphatic carbocycles. The van der Waals surface area contributed by atoms with Crippen molar-refractivity contribution < 1.29 is 12.6 Å². The molecular weight excluding hydrogens is 282 g/mol. The van der Waals surface area contributed by atoms with Gasteiger partial charge in [0.15, 0.2) is 0 Å². The molecule has 0 radical (unpaired) electrons. The van der Waals surface area contributed by atoms with Gasteiger partial charge in [0.25, 0.3) is 0 Å². The van der Waals surface area contributed by atoms with Crippen LogP contribution in [0.15, 0.2) is 26.9 Å². The van der Waals surface area contributed by atoms with E-state index < -0.39 is 19.0 Å². The molecule has 0 saturated heterocycles. The second-order valence-corrected chi connectivity index (χ2v) is 8.58. The Kier molecular flexibility index (Phi) is 4.22. The van der Waals surface area contributed by atoms with Gasteiger partial charge in [0.1, 0.15) is 0 Å². The Morgan fingerprint density at radius 1 is 1.18 bits per heavy atom. The van der Waals surface area contributed by atoms with Gasteiger partial charge in [-0.1, -0.05) is 16.8 Å². The minimum Gasteiger partial charge on any atom is -0.244 e. The first kappa shape index (κ1) is 14.5. The molecule has 1 aromatic carbocycles. The lowest BCUT2D eigenvalue weighted by atomic mass is 10.1. The summed E-state index contributed by atoms with van der Waals surface area (Å²) >= 11 is 0. The summed E-state index contributed by atoms with van der Waals surface area (Å²) in [7, 11) is -2.10. The minimum absolute atomic E-state index is 0.0987. The van der Waals surface area contributed by atoms with E-state index in [0.29, 0.717) is 4.90 Å². The molecule has 0 aliphatic rings. The molecule has 0 aromatic heterocycles. The highest BCUT2D eigenvalue weighted by Gasteiger charge is 2.15. The number of hydrogen-bond donors (Lipinski definition) is 0. The number of halogens is 1. The van der Waals surface area contributed by atoms with Gasteiger partial charge in [0.05, 0.1) is 9.73 Å². The maximum atomic E-state index is 12.4. The Morgan fingerprint density at radius 3 is 2.18 bits per heavy atom. The summed E-state index contributed by atoms with van der Waals surface area (Å²) in [6.07, 6.45) is 0. The van der Waals surface area contributed by atoms with Crippen molar-refractivity contribution in [1.29, 1.82) is 0 Å². The summed E-state index contributed by atoms with van der Waals surface area (Å²) in [6.45, 7) is 5.40. The highest BCUT2D eigenvalue weighted by molar-refractivity contribution is 8.17. The molecule has 1 rings (SSSR count). The summed E-state index contributed by atoms with van der Waals surface area (Å²) in [5.41, 5.74) is 1.98. The largest absolute Gasteiger partial charge is 0.347 e. The number of aryl methyl sites for hydroxylation is 2. The number of benzene rings is 1. The Morgan fingerprint density at radius 2 is 1.76 bits per heavy atom. The van der Waals surface area contributed by atoms with Gasteiger partial charge in [-0.25, -0.2) is 4.21 Å². The smallest absolute Gasteiger partial charge is 0.244 e. The summed E-state index contributed by atoms with van der Waals surface area (Å²) in [6, 6.07) is 5.10. The van der Waals surface area contributed by atoms with Crippen LogP contribution in [0.4, 0.5) is 0 Å². The zero-order chi connectivity index (χ0) is 13.3. The molecule has 0 bridgehead atoms. The van der Waals surface area contributed by atoms with Crippen LogP contribution in [0.25, 0.3) is 0 Å². The predicted molar refractivity (Wildman–Crippen MR) is 70.1 cm³/mol. The first-order valence-electron chi connectivity index (χ1n) is 4.96. The predicted octanol–water partition coefficient (Wildman–Crippen LogP) is 2.63. The third-order valence-electron chi connectivity index (χ3n) is 2.45. The van der Waals surface area contributed by atoms with E-state index in [1.54, 1.807) is 25.1 Å². The highest BCUT2D eigenvalue weighted by Crippen LogP contribution is 2.20. The maximum Gasteiger partial charge on any atom is 0.347 e. The third kappa shape index (κ3) is 3.69. The Hall–Kier alpha value is -0.590. The van der Waals surface area contributed by atoms with E-state index in [1.165, 1.54) is 0 Å². The van der Waals surface area contributed by atoms with E-state index >= 15 is 0 Å². The van der Waals surface area contributed by atoms with E-state index in [-0.39, 0.29) is 5.75 Å². The van der Waals surface area contributed by atoms with Crippen molar-refractivity contribution in [3.05, 3.63) is 29.3 Å². The van der Waals surface area contributed by atoms with Crippen molar-refractivity contribution in [2.24, 2.45) is 3.77 Å². The summed E-state index contributed by atoms with van der Waals surface area (Å²) in [4.78, 5) is 0.396. The average molecular weight is 296 g/mol. The van der Waals surface area contributed by atoms with Crippen LogP contribution in [0.2, 0.25) is 0 Å². The van der Waals surface area contributed by atoms with Crippen LogP contribution in [0.5, 0.6) is 0 Å². The Balaban J connectivity index is 3.53. The molecule has 1 aromatic rings. The van der Waals surface area contributed by atoms with Crippen molar-refractivity contribution in [2.75, 3.05) is 5.75 Å². The monoisotopic (exact) mass is 295 g/mol. The fraction of sp³-hybridized carbons (Fsp3) is 0.400. The van der Waals surface area contributed by atoms with Crippen LogP contribution in [-0.4, -0.2) is 18.4 Å². The molecule has 0 fully saturated rings. The average Bonchev–Trinajstić information content (AvgIpc) is 2.19. The van der Waals surface area contributed by atoms with Gasteiger partial charge in [-0.3, -0.25) is 0 Å². The molecular formula is C10H14ClNO3S2. The Bertz CT molecular complexity index is 644. The summed E-state index contributed by atoms with van der Waals surface area (Å²) < 4.78 is 37.6. The second kappa shape index (κ2) is 4.96. The first-order valence-corrected chi connectivity index (χ1v) is 8.91. The quantitative estimate of drug-likeness (QED) is 0.805. The van der Waals surface area contributed by atoms with Crippen molar-refractivity contribution in [1.82, 2.24) is 0 Å². The highest BCUT2D eigenvalue weighted by atomic mass is 35.7. The van der Waals surface area contributed by atoms with E-state index in [0.717, 1.165) is 11.1 Å². The molecule has 0 N–H and O–H groups in total. The molecule has 96 valence electrons. The van der Waals surface area contributed by atoms with Crippen molar-refractivity contribution in [3.8, 4) is 0 Å². The van der Waals surface area contributed by atoms with Crippen LogP contribution in [0, 0.1) is 13.8 Å². The fourth-order valence-electron chi connectivity index (χ4n) is 1.32. The van der Waals surface area contributed by atoms with Gasteiger partial charge in [0, 0.05) is 21.3 Å². The van der Waals surface area contributed by atoms with E-state index in [9.17, 15) is 12.6 Å². The molecule has 1 atom stereocenters. The van der Waals surface area contributed by atoms with Crippen molar-refractivity contribution in [2.45, 2.75) is 25.7 Å². The molecule has 17 heavy (non-hydrogen) atoms. The van der Waals surface area contributed by atoms with Gasteiger partial charge >= 0.3 is 9.24 Å². The lowest BCUT2D eigenvalue weighted by Gasteiger charge is -2.08. The lowest BCUT2D eigenvalue weighted by molar-refractivity contribution is 0.611. The van der Waals surface area contributed by atoms with Gasteiger partial charge < -0.3 is 0 Å². The zero-order valence-electron chi connectivity index (χ0n) is 9.81. The Labute approximate surface area is 107 Å². The van der Waals surface area contributed by atoms with Gasteiger partial charge in [-0.2, -0.15) is 8.42 Å². The third-order valence-corrected chi connectivity index (χ3v) is 6.40. The SMILES string of the molecule is CCS(=O)(=NS(=O)(=O)Cl)c1ccc(C)c(C)c1. The minimum atomic E-state index is -4.14. The number of rotatable bonds is 3. The summed E-state index contributed by atoms with van der Waals surface area (Å²) in [5.74, 6) is 0.0987. The van der Waals surface area contributed by atoms with Crippen LogP contribution in [0.1, 0.15) is 18.1 Å². The molecule has 0 heterocycles. The van der Waals surface area contributed by atoms with Crippen molar-refractivity contribution in [3.63, 3.8) is 0 Å². The second-order valence-electron chi connectivity index (χ2n) is 3.66. The zero-order valence-corrected chi connectivity index (χ0v) is 12.2. The van der Waals surface area contributed by atoms with E-state index in [2.05, 4.69) is 3.77 Å². The topological polar surface area (TPSA) is 63.6 Å². The number of nitrogens with zero attached hydrogens (tertiary/aromatic N) is 1. The van der Waals surface area contributed by atoms with Crippen LogP contribution in [-0.2, 0) is 19.0 Å². The fourth-order valence-corrected chi connectivity index (χ4v) is 5.03. The molecule has 7 heteroatoms. The lowest BCUT2D eigenvalue weighted by Crippen LogP contribution is -2.06. The first-order chi connectivity index (χ1) is 7.68. The molecule has 1 unspecified atom stereocenters. The molecule has 4 nitrogen and oxygen atoms in total. The maximum absolute atomic E-state index is 12.4. The number of hydrogen-bond acceptors (Lipinski definition) is 3. The molecule has 0 amide bonds.